The second-order valence-electron chi connectivity index (χ2n) is 5.95. The van der Waals surface area contributed by atoms with Crippen molar-refractivity contribution in [2.24, 2.45) is 0 Å². The predicted octanol–water partition coefficient (Wildman–Crippen LogP) is 3.03. The van der Waals surface area contributed by atoms with Crippen molar-refractivity contribution >= 4 is 44.8 Å². The van der Waals surface area contributed by atoms with E-state index in [1.165, 1.54) is 34.6 Å². The van der Waals surface area contributed by atoms with E-state index in [1.807, 2.05) is 0 Å². The maximum Gasteiger partial charge on any atom is 0.262 e. The lowest BCUT2D eigenvalue weighted by atomic mass is 10.3. The van der Waals surface area contributed by atoms with Gasteiger partial charge in [0.2, 0.25) is 10.0 Å². The first-order chi connectivity index (χ1) is 13.4. The van der Waals surface area contributed by atoms with E-state index in [1.54, 1.807) is 12.1 Å². The van der Waals surface area contributed by atoms with Crippen LogP contribution in [-0.2, 0) is 19.6 Å². The third-order valence-corrected chi connectivity index (χ3v) is 6.46. The van der Waals surface area contributed by atoms with E-state index >= 15 is 0 Å². The van der Waals surface area contributed by atoms with Gasteiger partial charge >= 0.3 is 0 Å². The number of carbonyl (C=O) groups is 1. The molecule has 0 aliphatic carbocycles. The molecule has 3 rings (SSSR count). The maximum absolute atomic E-state index is 12.6. The number of hydrogen-bond donors (Lipinski definition) is 1. The van der Waals surface area contributed by atoms with Crippen LogP contribution < -0.4 is 10.1 Å². The molecule has 2 aromatic carbocycles. The number of rotatable bonds is 6. The molecule has 7 nitrogen and oxygen atoms in total. The molecule has 1 fully saturated rings. The number of hydrogen-bond acceptors (Lipinski definition) is 5. The quantitative estimate of drug-likeness (QED) is 0.739. The molecular formula is C18H18Cl2N2O5S. The lowest BCUT2D eigenvalue weighted by Crippen LogP contribution is -2.40. The second-order valence-corrected chi connectivity index (χ2v) is 8.73. The zero-order chi connectivity index (χ0) is 20.1. The fourth-order valence-corrected chi connectivity index (χ4v) is 4.32. The third kappa shape index (κ3) is 5.15. The van der Waals surface area contributed by atoms with Crippen LogP contribution in [0.1, 0.15) is 0 Å². The van der Waals surface area contributed by atoms with Crippen LogP contribution >= 0.6 is 23.2 Å². The molecule has 0 unspecified atom stereocenters. The maximum atomic E-state index is 12.6. The highest BCUT2D eigenvalue weighted by molar-refractivity contribution is 7.89. The number of ether oxygens (including phenoxy) is 2. The van der Waals surface area contributed by atoms with Gasteiger partial charge in [-0.05, 0) is 36.4 Å². The van der Waals surface area contributed by atoms with Crippen molar-refractivity contribution in [3.05, 3.63) is 52.5 Å². The van der Waals surface area contributed by atoms with E-state index < -0.39 is 15.9 Å². The number of nitrogens with one attached hydrogen (secondary N) is 1. The summed E-state index contributed by atoms with van der Waals surface area (Å²) in [6, 6.07) is 10.7. The van der Waals surface area contributed by atoms with Gasteiger partial charge in [0.1, 0.15) is 5.75 Å². The Labute approximate surface area is 173 Å². The molecule has 1 aliphatic rings. The summed E-state index contributed by atoms with van der Waals surface area (Å²) in [5.41, 5.74) is 0.451. The van der Waals surface area contributed by atoms with E-state index in [0.717, 1.165) is 0 Å². The summed E-state index contributed by atoms with van der Waals surface area (Å²) < 4.78 is 37.1. The number of anilines is 1. The molecule has 0 spiro atoms. The Morgan fingerprint density at radius 2 is 1.79 bits per heavy atom. The first kappa shape index (κ1) is 20.9. The van der Waals surface area contributed by atoms with E-state index in [9.17, 15) is 13.2 Å². The van der Waals surface area contributed by atoms with Crippen molar-refractivity contribution in [2.75, 3.05) is 38.2 Å². The molecule has 10 heteroatoms. The molecule has 0 aromatic heterocycles. The first-order valence-corrected chi connectivity index (χ1v) is 10.6. The molecule has 0 saturated carbocycles. The summed E-state index contributed by atoms with van der Waals surface area (Å²) in [4.78, 5) is 12.2. The van der Waals surface area contributed by atoms with Gasteiger partial charge in [-0.1, -0.05) is 23.2 Å². The molecule has 0 radical (unpaired) electrons. The van der Waals surface area contributed by atoms with Crippen LogP contribution in [0.25, 0.3) is 0 Å². The van der Waals surface area contributed by atoms with Crippen LogP contribution in [0.4, 0.5) is 5.69 Å². The Bertz CT molecular complexity index is 945. The van der Waals surface area contributed by atoms with Crippen LogP contribution in [-0.4, -0.2) is 51.5 Å². The summed E-state index contributed by atoms with van der Waals surface area (Å²) in [7, 11) is -3.57. The van der Waals surface area contributed by atoms with Gasteiger partial charge in [0.15, 0.2) is 6.61 Å². The van der Waals surface area contributed by atoms with Gasteiger partial charge in [-0.15, -0.1) is 0 Å². The van der Waals surface area contributed by atoms with Crippen LogP contribution in [0, 0.1) is 0 Å². The molecule has 150 valence electrons. The molecule has 2 aromatic rings. The molecule has 0 atom stereocenters. The number of amides is 1. The van der Waals surface area contributed by atoms with Gasteiger partial charge in [0.05, 0.1) is 23.1 Å². The van der Waals surface area contributed by atoms with Crippen molar-refractivity contribution in [3.8, 4) is 5.75 Å². The number of nitrogens with zero attached hydrogens (tertiary/aromatic N) is 1. The van der Waals surface area contributed by atoms with Crippen molar-refractivity contribution < 1.29 is 22.7 Å². The SMILES string of the molecule is O=C(COc1cc(Cl)ccc1Cl)Nc1ccc(S(=O)(=O)N2CCOCC2)cc1. The van der Waals surface area contributed by atoms with Crippen molar-refractivity contribution in [3.63, 3.8) is 0 Å². The van der Waals surface area contributed by atoms with Crippen LogP contribution in [0.5, 0.6) is 5.75 Å². The highest BCUT2D eigenvalue weighted by Crippen LogP contribution is 2.27. The van der Waals surface area contributed by atoms with Crippen molar-refractivity contribution in [2.45, 2.75) is 4.90 Å². The largest absolute Gasteiger partial charge is 0.482 e. The highest BCUT2D eigenvalue weighted by Gasteiger charge is 2.26. The van der Waals surface area contributed by atoms with Crippen molar-refractivity contribution in [1.82, 2.24) is 4.31 Å². The average molecular weight is 445 g/mol. The highest BCUT2D eigenvalue weighted by atomic mass is 35.5. The molecule has 1 saturated heterocycles. The molecule has 1 aliphatic heterocycles. The zero-order valence-corrected chi connectivity index (χ0v) is 17.1. The molecule has 1 heterocycles. The minimum Gasteiger partial charge on any atom is -0.482 e. The van der Waals surface area contributed by atoms with E-state index in [4.69, 9.17) is 32.7 Å². The van der Waals surface area contributed by atoms with Crippen LogP contribution in [0.3, 0.4) is 0 Å². The van der Waals surface area contributed by atoms with E-state index in [-0.39, 0.29) is 11.5 Å². The molecule has 1 N–H and O–H groups in total. The molecule has 28 heavy (non-hydrogen) atoms. The average Bonchev–Trinajstić information content (AvgIpc) is 2.70. The Morgan fingerprint density at radius 3 is 2.46 bits per heavy atom. The number of sulfonamides is 1. The van der Waals surface area contributed by atoms with Gasteiger partial charge in [0.25, 0.3) is 5.91 Å². The monoisotopic (exact) mass is 444 g/mol. The normalized spacial score (nSPS) is 15.2. The standard InChI is InChI=1S/C18H18Cl2N2O5S/c19-13-1-6-16(20)17(11-13)27-12-18(23)21-14-2-4-15(5-3-14)28(24,25)22-7-9-26-10-8-22/h1-6,11H,7-10,12H2,(H,21,23). The third-order valence-electron chi connectivity index (χ3n) is 4.00. The minimum absolute atomic E-state index is 0.161. The smallest absolute Gasteiger partial charge is 0.262 e. The number of benzene rings is 2. The van der Waals surface area contributed by atoms with Gasteiger partial charge in [-0.2, -0.15) is 4.31 Å². The topological polar surface area (TPSA) is 84.9 Å². The lowest BCUT2D eigenvalue weighted by molar-refractivity contribution is -0.118. The van der Waals surface area contributed by atoms with E-state index in [0.29, 0.717) is 47.8 Å². The predicted molar refractivity (Wildman–Crippen MR) is 107 cm³/mol. The van der Waals surface area contributed by atoms with E-state index in [2.05, 4.69) is 5.32 Å². The number of halogens is 2. The fraction of sp³-hybridized carbons (Fsp3) is 0.278. The first-order valence-electron chi connectivity index (χ1n) is 8.42. The van der Waals surface area contributed by atoms with Gasteiger partial charge in [-0.3, -0.25) is 4.79 Å². The summed E-state index contributed by atoms with van der Waals surface area (Å²) in [5, 5.41) is 3.42. The summed E-state index contributed by atoms with van der Waals surface area (Å²) in [5.74, 6) is -0.115. The van der Waals surface area contributed by atoms with Gasteiger partial charge in [0, 0.05) is 29.9 Å². The van der Waals surface area contributed by atoms with Crippen molar-refractivity contribution in [1.29, 1.82) is 0 Å². The molecule has 0 bridgehead atoms. The Morgan fingerprint density at radius 1 is 1.11 bits per heavy atom. The molecular weight excluding hydrogens is 427 g/mol. The molecule has 1 amide bonds. The fourth-order valence-electron chi connectivity index (χ4n) is 2.57. The Kier molecular flexibility index (Phi) is 6.79. The van der Waals surface area contributed by atoms with Gasteiger partial charge in [-0.25, -0.2) is 8.42 Å². The summed E-state index contributed by atoms with van der Waals surface area (Å²) in [6.45, 7) is 1.14. The summed E-state index contributed by atoms with van der Waals surface area (Å²) >= 11 is 11.9. The zero-order valence-electron chi connectivity index (χ0n) is 14.7. The minimum atomic E-state index is -3.57. The van der Waals surface area contributed by atoms with Gasteiger partial charge < -0.3 is 14.8 Å². The van der Waals surface area contributed by atoms with Crippen LogP contribution in [0.2, 0.25) is 10.0 Å². The van der Waals surface area contributed by atoms with Crippen LogP contribution in [0.15, 0.2) is 47.4 Å². The number of morpholine rings is 1. The Balaban J connectivity index is 1.59. The summed E-state index contributed by atoms with van der Waals surface area (Å²) in [6.07, 6.45) is 0. The Hall–Kier alpha value is -1.84. The lowest BCUT2D eigenvalue weighted by Gasteiger charge is -2.26. The number of carbonyl (C=O) groups excluding carboxylic acids is 1. The second kappa shape index (κ2) is 9.11.